The summed E-state index contributed by atoms with van der Waals surface area (Å²) in [6.45, 7) is 12.8. The molecule has 6 atom stereocenters. The molecule has 3 N–H and O–H groups in total. The van der Waals surface area contributed by atoms with Crippen LogP contribution in [0, 0.1) is 23.7 Å². The summed E-state index contributed by atoms with van der Waals surface area (Å²) in [7, 11) is 3.22. The number of likely N-dealkylation sites (N-methyl/N-ethyl adjacent to an activating group) is 1. The molecule has 4 rings (SSSR count). The summed E-state index contributed by atoms with van der Waals surface area (Å²) in [5.74, 6) is -9.43. The highest BCUT2D eigenvalue weighted by molar-refractivity contribution is 6.32. The number of phenolic OH excluding ortho intramolecular Hbond substituents is 1. The van der Waals surface area contributed by atoms with Gasteiger partial charge < -0.3 is 15.5 Å². The van der Waals surface area contributed by atoms with E-state index in [1.165, 1.54) is 4.90 Å². The summed E-state index contributed by atoms with van der Waals surface area (Å²) in [5, 5.41) is 25.9. The Morgan fingerprint density at radius 1 is 1.07 bits per heavy atom. The van der Waals surface area contributed by atoms with Gasteiger partial charge in [-0.25, -0.2) is 0 Å². The molecule has 4 unspecified atom stereocenters. The van der Waals surface area contributed by atoms with Crippen LogP contribution >= 0.6 is 0 Å². The van der Waals surface area contributed by atoms with Crippen LogP contribution in [0.3, 0.4) is 0 Å². The maximum atomic E-state index is 14.2. The number of hydrogen-bond acceptors (Lipinski definition) is 8. The van der Waals surface area contributed by atoms with E-state index in [9.17, 15) is 34.2 Å². The van der Waals surface area contributed by atoms with Crippen molar-refractivity contribution >= 4 is 29.0 Å². The Bertz CT molecular complexity index is 1320. The number of nitrogens with zero attached hydrogens (tertiary/aromatic N) is 1. The maximum Gasteiger partial charge on any atom is 0.238 e. The highest BCUT2D eigenvalue weighted by Gasteiger charge is 2.69. The first kappa shape index (κ1) is 30.1. The van der Waals surface area contributed by atoms with Crippen LogP contribution in [0.5, 0.6) is 5.75 Å². The van der Waals surface area contributed by atoms with Crippen LogP contribution in [0.2, 0.25) is 0 Å². The minimum atomic E-state index is -2.69. The highest BCUT2D eigenvalue weighted by Crippen LogP contribution is 2.52. The van der Waals surface area contributed by atoms with Crippen LogP contribution in [-0.4, -0.2) is 75.4 Å². The molecule has 3 aliphatic carbocycles. The normalized spacial score (nSPS) is 30.6. The number of fused-ring (bicyclic) bond motifs is 3. The number of nitrogens with one attached hydrogen (secondary N) is 1. The average Bonchev–Trinajstić information content (AvgIpc) is 2.79. The lowest BCUT2D eigenvalue weighted by Crippen LogP contribution is -2.74. The van der Waals surface area contributed by atoms with Crippen LogP contribution in [0.4, 0.5) is 0 Å². The van der Waals surface area contributed by atoms with Gasteiger partial charge in [0.15, 0.2) is 34.7 Å². The zero-order chi connectivity index (χ0) is 30.3. The molecule has 1 aromatic rings. The largest absolute Gasteiger partial charge is 0.507 e. The van der Waals surface area contributed by atoms with Crippen LogP contribution in [0.1, 0.15) is 81.9 Å². The Hall–Kier alpha value is -2.91. The molecule has 2 fully saturated rings. The Kier molecular flexibility index (Phi) is 7.20. The molecule has 1 amide bonds. The van der Waals surface area contributed by atoms with Crippen LogP contribution < -0.4 is 5.32 Å². The highest BCUT2D eigenvalue weighted by atomic mass is 16.3. The molecular weight excluding hydrogens is 512 g/mol. The summed E-state index contributed by atoms with van der Waals surface area (Å²) in [5.41, 5.74) is -1.71. The van der Waals surface area contributed by atoms with E-state index in [0.717, 1.165) is 5.56 Å². The van der Waals surface area contributed by atoms with Gasteiger partial charge in [0.1, 0.15) is 5.75 Å². The van der Waals surface area contributed by atoms with E-state index < -0.39 is 75.3 Å². The van der Waals surface area contributed by atoms with Crippen molar-refractivity contribution in [2.45, 2.75) is 90.3 Å². The molecule has 1 aromatic carbocycles. The minimum Gasteiger partial charge on any atom is -0.507 e. The third-order valence-corrected chi connectivity index (χ3v) is 8.82. The van der Waals surface area contributed by atoms with Gasteiger partial charge in [-0.15, -0.1) is 0 Å². The van der Waals surface area contributed by atoms with Crippen LogP contribution in [0.25, 0.3) is 0 Å². The lowest BCUT2D eigenvalue weighted by Gasteiger charge is -2.52. The molecule has 2 saturated carbocycles. The summed E-state index contributed by atoms with van der Waals surface area (Å²) < 4.78 is 0. The quantitative estimate of drug-likeness (QED) is 0.483. The Morgan fingerprint density at radius 3 is 2.17 bits per heavy atom. The van der Waals surface area contributed by atoms with Crippen molar-refractivity contribution in [3.05, 3.63) is 28.3 Å². The smallest absolute Gasteiger partial charge is 0.238 e. The van der Waals surface area contributed by atoms with Crippen molar-refractivity contribution in [2.75, 3.05) is 14.1 Å². The van der Waals surface area contributed by atoms with Gasteiger partial charge in [0, 0.05) is 17.0 Å². The Labute approximate surface area is 235 Å². The minimum absolute atomic E-state index is 0.0664. The second-order valence-corrected chi connectivity index (χ2v) is 14.0. The number of aryl methyl sites for hydroxylation is 1. The lowest BCUT2D eigenvalue weighted by molar-refractivity contribution is -0.181. The van der Waals surface area contributed by atoms with Gasteiger partial charge in [0.2, 0.25) is 5.91 Å². The number of carbonyl (C=O) groups excluding carboxylic acids is 5. The van der Waals surface area contributed by atoms with Gasteiger partial charge >= 0.3 is 0 Å². The fraction of sp³-hybridized carbons (Fsp3) is 0.645. The number of ketones is 4. The number of hydrogen-bond donors (Lipinski definition) is 3. The first-order valence-electron chi connectivity index (χ1n) is 14.0. The van der Waals surface area contributed by atoms with Gasteiger partial charge in [-0.1, -0.05) is 33.8 Å². The molecule has 0 bridgehead atoms. The molecule has 9 heteroatoms. The summed E-state index contributed by atoms with van der Waals surface area (Å²) in [4.78, 5) is 70.5. The lowest BCUT2D eigenvalue weighted by atomic mass is 9.52. The first-order valence-corrected chi connectivity index (χ1v) is 14.0. The average molecular weight is 555 g/mol. The topological polar surface area (TPSA) is 141 Å². The predicted molar refractivity (Wildman–Crippen MR) is 148 cm³/mol. The van der Waals surface area contributed by atoms with E-state index in [-0.39, 0.29) is 17.7 Å². The van der Waals surface area contributed by atoms with Crippen molar-refractivity contribution in [2.24, 2.45) is 23.7 Å². The van der Waals surface area contributed by atoms with Crippen molar-refractivity contribution in [1.29, 1.82) is 0 Å². The third-order valence-electron chi connectivity index (χ3n) is 8.82. The second-order valence-electron chi connectivity index (χ2n) is 14.0. The molecule has 40 heavy (non-hydrogen) atoms. The van der Waals surface area contributed by atoms with E-state index in [1.807, 2.05) is 33.8 Å². The predicted octanol–water partition coefficient (Wildman–Crippen LogP) is 2.16. The van der Waals surface area contributed by atoms with Crippen LogP contribution in [-0.2, 0) is 37.4 Å². The number of Topliss-reactive ketones (excluding diaryl/α,β-unsaturated/α-hetero) is 4. The van der Waals surface area contributed by atoms with Gasteiger partial charge in [0.25, 0.3) is 0 Å². The molecule has 3 aliphatic rings. The van der Waals surface area contributed by atoms with Gasteiger partial charge in [0.05, 0.1) is 17.5 Å². The number of aromatic hydroxyl groups is 1. The fourth-order valence-electron chi connectivity index (χ4n) is 7.06. The summed E-state index contributed by atoms with van der Waals surface area (Å²) in [6, 6.07) is 0.833. The van der Waals surface area contributed by atoms with Crippen molar-refractivity contribution in [3.8, 4) is 5.75 Å². The number of phenols is 1. The molecule has 0 aliphatic heterocycles. The third kappa shape index (κ3) is 4.42. The number of aliphatic hydroxyl groups is 1. The van der Waals surface area contributed by atoms with Crippen molar-refractivity contribution in [3.63, 3.8) is 0 Å². The maximum absolute atomic E-state index is 14.2. The van der Waals surface area contributed by atoms with Crippen molar-refractivity contribution < 1.29 is 34.2 Å². The fourth-order valence-corrected chi connectivity index (χ4v) is 7.06. The van der Waals surface area contributed by atoms with Gasteiger partial charge in [-0.2, -0.15) is 0 Å². The number of amides is 1. The standard InChI is InChI=1S/C31H42N2O7/c1-10-14-12-18(29(2,3)4)23(34)20-16(14)11-15-13-17-22(33(8)9)25(36)21(28(39)32-30(5,6)7)27(38)31(17,40)26(37)19(15)24(20)35/h12,15,17,19,21-22,34,40H,10-11,13H2,1-9H3,(H,32,39)/t15?,17?,19?,21?,22-,31-/m0/s1. The van der Waals surface area contributed by atoms with E-state index in [4.69, 9.17) is 0 Å². The molecule has 0 spiro atoms. The number of rotatable bonds is 3. The molecule has 0 radical (unpaired) electrons. The molecule has 9 nitrogen and oxygen atoms in total. The molecule has 0 aromatic heterocycles. The van der Waals surface area contributed by atoms with E-state index in [2.05, 4.69) is 5.32 Å². The van der Waals surface area contributed by atoms with Gasteiger partial charge in [-0.3, -0.25) is 28.9 Å². The number of carbonyl (C=O) groups is 5. The zero-order valence-corrected chi connectivity index (χ0v) is 25.0. The summed E-state index contributed by atoms with van der Waals surface area (Å²) >= 11 is 0. The molecule has 0 heterocycles. The molecule has 218 valence electrons. The Morgan fingerprint density at radius 2 is 1.68 bits per heavy atom. The van der Waals surface area contributed by atoms with E-state index in [1.54, 1.807) is 34.9 Å². The summed E-state index contributed by atoms with van der Waals surface area (Å²) in [6.07, 6.45) is 0.970. The van der Waals surface area contributed by atoms with E-state index >= 15 is 0 Å². The van der Waals surface area contributed by atoms with Gasteiger partial charge in [-0.05, 0) is 76.6 Å². The first-order chi connectivity index (χ1) is 18.3. The second kappa shape index (κ2) is 9.58. The molecule has 0 saturated heterocycles. The SMILES string of the molecule is CCc1cc(C(C)(C)C)c(O)c2c1CC1CC3[C@H](N(C)C)C(=O)C(C(=O)NC(C)(C)C)C(=O)[C@@]3(O)C(=O)C1C2=O. The molecular formula is C31H42N2O7. The van der Waals surface area contributed by atoms with Crippen molar-refractivity contribution in [1.82, 2.24) is 10.2 Å². The van der Waals surface area contributed by atoms with E-state index in [0.29, 0.717) is 24.0 Å². The zero-order valence-electron chi connectivity index (χ0n) is 25.0. The number of benzene rings is 1. The monoisotopic (exact) mass is 554 g/mol. The Balaban J connectivity index is 1.87. The van der Waals surface area contributed by atoms with Crippen LogP contribution in [0.15, 0.2) is 6.07 Å².